The maximum atomic E-state index is 11.6. The molecule has 110 valence electrons. The highest BCUT2D eigenvalue weighted by Gasteiger charge is 2.12. The number of carboxylic acids is 1. The van der Waals surface area contributed by atoms with Gasteiger partial charge in [0.1, 0.15) is 0 Å². The van der Waals surface area contributed by atoms with Gasteiger partial charge in [-0.25, -0.2) is 0 Å². The Bertz CT molecular complexity index is 288. The van der Waals surface area contributed by atoms with E-state index in [0.717, 1.165) is 26.1 Å². The summed E-state index contributed by atoms with van der Waals surface area (Å²) in [7, 11) is 0. The fraction of sp³-hybridized carbons (Fsp3) is 0.857. The molecule has 0 radical (unpaired) electrons. The van der Waals surface area contributed by atoms with Crippen molar-refractivity contribution in [3.05, 3.63) is 0 Å². The van der Waals surface area contributed by atoms with E-state index >= 15 is 0 Å². The lowest BCUT2D eigenvalue weighted by molar-refractivity contribution is -0.137. The van der Waals surface area contributed by atoms with Crippen molar-refractivity contribution in [2.75, 3.05) is 26.2 Å². The summed E-state index contributed by atoms with van der Waals surface area (Å²) in [5.74, 6) is -0.297. The maximum Gasteiger partial charge on any atom is 0.303 e. The van der Waals surface area contributed by atoms with Gasteiger partial charge in [0, 0.05) is 25.9 Å². The third-order valence-electron chi connectivity index (χ3n) is 3.66. The standard InChI is InChI=1S/C14H26N2O3/c1-12(4-5-14(18)19)6-8-15-13(17)7-11-16-9-2-3-10-16/h12H,2-11H2,1H3,(H,15,17)(H,18,19). The van der Waals surface area contributed by atoms with Gasteiger partial charge in [0.05, 0.1) is 0 Å². The Labute approximate surface area is 115 Å². The van der Waals surface area contributed by atoms with Crippen molar-refractivity contribution in [1.82, 2.24) is 10.2 Å². The van der Waals surface area contributed by atoms with Crippen LogP contribution in [0.3, 0.4) is 0 Å². The van der Waals surface area contributed by atoms with Gasteiger partial charge in [0.2, 0.25) is 5.91 Å². The summed E-state index contributed by atoms with van der Waals surface area (Å²) in [6.07, 6.45) is 4.82. The number of amides is 1. The zero-order chi connectivity index (χ0) is 14.1. The second-order valence-electron chi connectivity index (χ2n) is 5.47. The number of nitrogens with one attached hydrogen (secondary N) is 1. The van der Waals surface area contributed by atoms with E-state index in [4.69, 9.17) is 5.11 Å². The van der Waals surface area contributed by atoms with E-state index in [1.807, 2.05) is 6.92 Å². The summed E-state index contributed by atoms with van der Waals surface area (Å²) < 4.78 is 0. The normalized spacial score (nSPS) is 17.3. The van der Waals surface area contributed by atoms with Crippen molar-refractivity contribution < 1.29 is 14.7 Å². The molecule has 0 aromatic heterocycles. The summed E-state index contributed by atoms with van der Waals surface area (Å²) in [6, 6.07) is 0. The third kappa shape index (κ3) is 7.82. The topological polar surface area (TPSA) is 69.6 Å². The molecule has 2 N–H and O–H groups in total. The van der Waals surface area contributed by atoms with Crippen LogP contribution in [-0.2, 0) is 9.59 Å². The molecule has 5 heteroatoms. The number of likely N-dealkylation sites (tertiary alicyclic amines) is 1. The molecule has 5 nitrogen and oxygen atoms in total. The Morgan fingerprint density at radius 3 is 2.53 bits per heavy atom. The van der Waals surface area contributed by atoms with Crippen LogP contribution in [0.5, 0.6) is 0 Å². The molecule has 0 spiro atoms. The van der Waals surface area contributed by atoms with Crippen molar-refractivity contribution in [2.24, 2.45) is 5.92 Å². The quantitative estimate of drug-likeness (QED) is 0.666. The molecule has 1 amide bonds. The first-order valence-corrected chi connectivity index (χ1v) is 7.29. The Hall–Kier alpha value is -1.10. The van der Waals surface area contributed by atoms with Crippen LogP contribution < -0.4 is 5.32 Å². The predicted octanol–water partition coefficient (Wildman–Crippen LogP) is 1.48. The number of carboxylic acid groups (broad SMARTS) is 1. The zero-order valence-electron chi connectivity index (χ0n) is 11.9. The van der Waals surface area contributed by atoms with E-state index in [-0.39, 0.29) is 12.3 Å². The highest BCUT2D eigenvalue weighted by molar-refractivity contribution is 5.76. The van der Waals surface area contributed by atoms with Gasteiger partial charge >= 0.3 is 5.97 Å². The number of hydrogen-bond donors (Lipinski definition) is 2. The molecular weight excluding hydrogens is 244 g/mol. The minimum atomic E-state index is -0.749. The van der Waals surface area contributed by atoms with Crippen molar-refractivity contribution in [3.63, 3.8) is 0 Å². The molecule has 1 unspecified atom stereocenters. The van der Waals surface area contributed by atoms with Crippen LogP contribution in [0.15, 0.2) is 0 Å². The van der Waals surface area contributed by atoms with Gasteiger partial charge in [-0.2, -0.15) is 0 Å². The van der Waals surface area contributed by atoms with Crippen LogP contribution in [0.4, 0.5) is 0 Å². The van der Waals surface area contributed by atoms with Gasteiger partial charge in [-0.15, -0.1) is 0 Å². The van der Waals surface area contributed by atoms with Gasteiger partial charge < -0.3 is 15.3 Å². The SMILES string of the molecule is CC(CCNC(=O)CCN1CCCC1)CCC(=O)O. The Kier molecular flexibility index (Phi) is 7.48. The largest absolute Gasteiger partial charge is 0.481 e. The molecule has 0 aromatic carbocycles. The number of carbonyl (C=O) groups is 2. The molecule has 0 aromatic rings. The van der Waals surface area contributed by atoms with Crippen molar-refractivity contribution in [3.8, 4) is 0 Å². The lowest BCUT2D eigenvalue weighted by atomic mass is 10.0. The highest BCUT2D eigenvalue weighted by atomic mass is 16.4. The van der Waals surface area contributed by atoms with Crippen molar-refractivity contribution in [2.45, 2.75) is 45.4 Å². The van der Waals surface area contributed by atoms with Crippen molar-refractivity contribution >= 4 is 11.9 Å². The first-order chi connectivity index (χ1) is 9.08. The van der Waals surface area contributed by atoms with Crippen LogP contribution in [-0.4, -0.2) is 48.1 Å². The van der Waals surface area contributed by atoms with Gasteiger partial charge in [0.15, 0.2) is 0 Å². The fourth-order valence-corrected chi connectivity index (χ4v) is 2.33. The molecular formula is C14H26N2O3. The highest BCUT2D eigenvalue weighted by Crippen LogP contribution is 2.09. The van der Waals surface area contributed by atoms with Crippen LogP contribution in [0.25, 0.3) is 0 Å². The van der Waals surface area contributed by atoms with E-state index in [9.17, 15) is 9.59 Å². The van der Waals surface area contributed by atoms with Crippen LogP contribution >= 0.6 is 0 Å². The molecule has 1 aliphatic heterocycles. The molecule has 1 fully saturated rings. The average Bonchev–Trinajstić information content (AvgIpc) is 2.87. The minimum Gasteiger partial charge on any atom is -0.481 e. The second kappa shape index (κ2) is 8.91. The minimum absolute atomic E-state index is 0.109. The summed E-state index contributed by atoms with van der Waals surface area (Å²) >= 11 is 0. The summed E-state index contributed by atoms with van der Waals surface area (Å²) in [5.41, 5.74) is 0. The average molecular weight is 270 g/mol. The summed E-state index contributed by atoms with van der Waals surface area (Å²) in [4.78, 5) is 24.4. The van der Waals surface area contributed by atoms with Gasteiger partial charge in [-0.1, -0.05) is 6.92 Å². The fourth-order valence-electron chi connectivity index (χ4n) is 2.33. The molecule has 0 aliphatic carbocycles. The Balaban J connectivity index is 1.98. The van der Waals surface area contributed by atoms with Crippen LogP contribution in [0.2, 0.25) is 0 Å². The number of nitrogens with zero attached hydrogens (tertiary/aromatic N) is 1. The smallest absolute Gasteiger partial charge is 0.303 e. The van der Waals surface area contributed by atoms with E-state index in [1.165, 1.54) is 12.8 Å². The molecule has 1 rings (SSSR count). The number of aliphatic carboxylic acids is 1. The second-order valence-corrected chi connectivity index (χ2v) is 5.47. The van der Waals surface area contributed by atoms with Crippen LogP contribution in [0.1, 0.15) is 45.4 Å². The lowest BCUT2D eigenvalue weighted by Gasteiger charge is -2.14. The van der Waals surface area contributed by atoms with Gasteiger partial charge in [-0.3, -0.25) is 9.59 Å². The first kappa shape index (κ1) is 16.0. The van der Waals surface area contributed by atoms with E-state index in [2.05, 4.69) is 10.2 Å². The number of carbonyl (C=O) groups excluding carboxylic acids is 1. The van der Waals surface area contributed by atoms with Crippen molar-refractivity contribution in [1.29, 1.82) is 0 Å². The maximum absolute atomic E-state index is 11.6. The van der Waals surface area contributed by atoms with Gasteiger partial charge in [0.25, 0.3) is 0 Å². The monoisotopic (exact) mass is 270 g/mol. The number of rotatable bonds is 9. The predicted molar refractivity (Wildman–Crippen MR) is 74.0 cm³/mol. The van der Waals surface area contributed by atoms with E-state index < -0.39 is 5.97 Å². The molecule has 19 heavy (non-hydrogen) atoms. The van der Waals surface area contributed by atoms with E-state index in [0.29, 0.717) is 25.3 Å². The molecule has 0 saturated carbocycles. The molecule has 1 aliphatic rings. The lowest BCUT2D eigenvalue weighted by Crippen LogP contribution is -2.30. The zero-order valence-corrected chi connectivity index (χ0v) is 11.9. The Morgan fingerprint density at radius 1 is 1.21 bits per heavy atom. The summed E-state index contributed by atoms with van der Waals surface area (Å²) in [5, 5.41) is 11.5. The molecule has 1 heterocycles. The molecule has 1 saturated heterocycles. The molecule has 0 bridgehead atoms. The van der Waals surface area contributed by atoms with E-state index in [1.54, 1.807) is 0 Å². The Morgan fingerprint density at radius 2 is 1.89 bits per heavy atom. The first-order valence-electron chi connectivity index (χ1n) is 7.29. The van der Waals surface area contributed by atoms with Gasteiger partial charge in [-0.05, 0) is 44.7 Å². The molecule has 1 atom stereocenters. The number of hydrogen-bond acceptors (Lipinski definition) is 3. The van der Waals surface area contributed by atoms with Crippen LogP contribution in [0, 0.1) is 5.92 Å². The summed E-state index contributed by atoms with van der Waals surface area (Å²) in [6.45, 7) is 5.79. The third-order valence-corrected chi connectivity index (χ3v) is 3.66.